The molecule has 1 aliphatic carbocycles. The Kier molecular flexibility index (Phi) is 1.59. The predicted molar refractivity (Wildman–Crippen MR) is 53.4 cm³/mol. The van der Waals surface area contributed by atoms with E-state index in [0.717, 1.165) is 17.4 Å². The molecule has 0 aromatic carbocycles. The summed E-state index contributed by atoms with van der Waals surface area (Å²) in [6, 6.07) is 0. The molecule has 2 aliphatic rings. The number of thioether (sulfide) groups is 1. The van der Waals surface area contributed by atoms with Crippen molar-refractivity contribution in [3.05, 3.63) is 21.6 Å². The van der Waals surface area contributed by atoms with Crippen LogP contribution < -0.4 is 0 Å². The van der Waals surface area contributed by atoms with Gasteiger partial charge in [0.25, 0.3) is 0 Å². The van der Waals surface area contributed by atoms with Gasteiger partial charge in [0.05, 0.1) is 10.2 Å². The summed E-state index contributed by atoms with van der Waals surface area (Å²) in [6.45, 7) is 0. The second-order valence-electron chi connectivity index (χ2n) is 3.45. The molecule has 1 fully saturated rings. The second kappa shape index (κ2) is 2.55. The number of furan rings is 1. The minimum atomic E-state index is 0.731. The van der Waals surface area contributed by atoms with Crippen molar-refractivity contribution < 1.29 is 4.42 Å². The van der Waals surface area contributed by atoms with E-state index < -0.39 is 0 Å². The molecule has 1 nitrogen and oxygen atoms in total. The fraction of sp³-hybridized carbons (Fsp3) is 0.556. The van der Waals surface area contributed by atoms with Gasteiger partial charge in [-0.1, -0.05) is 0 Å². The van der Waals surface area contributed by atoms with Crippen LogP contribution in [-0.2, 0) is 11.5 Å². The number of hydrogen-bond acceptors (Lipinski definition) is 2. The van der Waals surface area contributed by atoms with Gasteiger partial charge < -0.3 is 4.42 Å². The van der Waals surface area contributed by atoms with E-state index in [1.165, 1.54) is 34.4 Å². The topological polar surface area (TPSA) is 13.1 Å². The van der Waals surface area contributed by atoms with Gasteiger partial charge in [0.2, 0.25) is 0 Å². The largest absolute Gasteiger partial charge is 0.463 e. The lowest BCUT2D eigenvalue weighted by Crippen LogP contribution is -1.76. The second-order valence-corrected chi connectivity index (χ2v) is 5.23. The maximum absolute atomic E-state index is 5.81. The zero-order chi connectivity index (χ0) is 8.13. The van der Waals surface area contributed by atoms with Crippen molar-refractivity contribution in [3.63, 3.8) is 0 Å². The number of fused-ring (bicyclic) bond motifs is 1. The maximum atomic E-state index is 5.81. The fourth-order valence-corrected chi connectivity index (χ4v) is 3.61. The van der Waals surface area contributed by atoms with Gasteiger partial charge in [-0.25, -0.2) is 0 Å². The molecular weight excluding hydrogens is 236 g/mol. The SMILES string of the molecule is Brc1c(C2CC2)oc2c1CSC2. The maximum Gasteiger partial charge on any atom is 0.121 e. The Labute approximate surface area is 84.0 Å². The molecule has 12 heavy (non-hydrogen) atoms. The Morgan fingerprint density at radius 3 is 2.83 bits per heavy atom. The molecule has 1 aromatic rings. The van der Waals surface area contributed by atoms with Crippen molar-refractivity contribution in [2.45, 2.75) is 30.3 Å². The van der Waals surface area contributed by atoms with E-state index >= 15 is 0 Å². The Balaban J connectivity index is 2.10. The molecule has 0 bridgehead atoms. The molecule has 3 heteroatoms. The van der Waals surface area contributed by atoms with Crippen molar-refractivity contribution >= 4 is 27.7 Å². The van der Waals surface area contributed by atoms with E-state index in [1.807, 2.05) is 11.8 Å². The third-order valence-corrected chi connectivity index (χ3v) is 4.31. The molecule has 0 unspecified atom stereocenters. The first-order valence-corrected chi connectivity index (χ1v) is 6.18. The zero-order valence-electron chi connectivity index (χ0n) is 6.60. The summed E-state index contributed by atoms with van der Waals surface area (Å²) in [5, 5.41) is 0. The molecule has 0 saturated heterocycles. The molecule has 1 aliphatic heterocycles. The lowest BCUT2D eigenvalue weighted by atomic mass is 10.2. The molecule has 0 atom stereocenters. The van der Waals surface area contributed by atoms with Crippen LogP contribution >= 0.6 is 27.7 Å². The number of halogens is 1. The van der Waals surface area contributed by atoms with Crippen LogP contribution in [0.1, 0.15) is 35.8 Å². The molecule has 0 radical (unpaired) electrons. The molecule has 1 saturated carbocycles. The standard InChI is InChI=1S/C9H9BrOS/c10-8-6-3-12-4-7(6)11-9(8)5-1-2-5/h5H,1-4H2. The minimum absolute atomic E-state index is 0.731. The zero-order valence-corrected chi connectivity index (χ0v) is 9.00. The van der Waals surface area contributed by atoms with Gasteiger partial charge >= 0.3 is 0 Å². The van der Waals surface area contributed by atoms with Crippen LogP contribution in [0.4, 0.5) is 0 Å². The van der Waals surface area contributed by atoms with Gasteiger partial charge in [-0.3, -0.25) is 0 Å². The highest BCUT2D eigenvalue weighted by Crippen LogP contribution is 2.49. The third-order valence-electron chi connectivity index (χ3n) is 2.48. The monoisotopic (exact) mass is 244 g/mol. The van der Waals surface area contributed by atoms with E-state index in [1.54, 1.807) is 0 Å². The Bertz CT molecular complexity index is 328. The predicted octanol–water partition coefficient (Wildman–Crippen LogP) is 3.67. The highest BCUT2D eigenvalue weighted by atomic mass is 79.9. The van der Waals surface area contributed by atoms with Crippen molar-refractivity contribution in [1.82, 2.24) is 0 Å². The Hall–Kier alpha value is 0.110. The molecule has 0 amide bonds. The molecule has 3 rings (SSSR count). The average Bonchev–Trinajstić information content (AvgIpc) is 2.71. The third kappa shape index (κ3) is 0.990. The summed E-state index contributed by atoms with van der Waals surface area (Å²) in [7, 11) is 0. The highest BCUT2D eigenvalue weighted by Gasteiger charge is 2.33. The lowest BCUT2D eigenvalue weighted by molar-refractivity contribution is 0.480. The first-order chi connectivity index (χ1) is 5.86. The molecule has 1 aromatic heterocycles. The Morgan fingerprint density at radius 2 is 2.17 bits per heavy atom. The highest BCUT2D eigenvalue weighted by molar-refractivity contribution is 9.10. The van der Waals surface area contributed by atoms with Crippen molar-refractivity contribution in [2.24, 2.45) is 0 Å². The lowest BCUT2D eigenvalue weighted by Gasteiger charge is -1.93. The minimum Gasteiger partial charge on any atom is -0.463 e. The van der Waals surface area contributed by atoms with Gasteiger partial charge in [-0.15, -0.1) is 11.8 Å². The summed E-state index contributed by atoms with van der Waals surface area (Å²) >= 11 is 5.58. The normalized spacial score (nSPS) is 21.4. The molecule has 0 spiro atoms. The summed E-state index contributed by atoms with van der Waals surface area (Å²) in [4.78, 5) is 0. The first kappa shape index (κ1) is 7.51. The van der Waals surface area contributed by atoms with E-state index in [9.17, 15) is 0 Å². The van der Waals surface area contributed by atoms with Gasteiger partial charge in [-0.05, 0) is 28.8 Å². The smallest absolute Gasteiger partial charge is 0.121 e. The van der Waals surface area contributed by atoms with Crippen molar-refractivity contribution in [3.8, 4) is 0 Å². The molecule has 0 N–H and O–H groups in total. The average molecular weight is 245 g/mol. The van der Waals surface area contributed by atoms with E-state index in [2.05, 4.69) is 15.9 Å². The summed E-state index contributed by atoms with van der Waals surface area (Å²) in [5.74, 6) is 5.37. The summed E-state index contributed by atoms with van der Waals surface area (Å²) in [5.41, 5.74) is 1.42. The molecular formula is C9H9BrOS. The van der Waals surface area contributed by atoms with Crippen LogP contribution in [0.15, 0.2) is 8.89 Å². The van der Waals surface area contributed by atoms with E-state index in [-0.39, 0.29) is 0 Å². The van der Waals surface area contributed by atoms with Crippen LogP contribution in [0.3, 0.4) is 0 Å². The van der Waals surface area contributed by atoms with Crippen LogP contribution in [0.2, 0.25) is 0 Å². The van der Waals surface area contributed by atoms with Crippen molar-refractivity contribution in [1.29, 1.82) is 0 Å². The van der Waals surface area contributed by atoms with Crippen LogP contribution in [0.5, 0.6) is 0 Å². The van der Waals surface area contributed by atoms with E-state index in [4.69, 9.17) is 4.42 Å². The van der Waals surface area contributed by atoms with Gasteiger partial charge in [0.15, 0.2) is 0 Å². The number of rotatable bonds is 1. The quantitative estimate of drug-likeness (QED) is 0.748. The first-order valence-electron chi connectivity index (χ1n) is 4.24. The van der Waals surface area contributed by atoms with Crippen LogP contribution in [0, 0.1) is 0 Å². The van der Waals surface area contributed by atoms with Gasteiger partial charge in [0, 0.05) is 17.2 Å². The molecule has 2 heterocycles. The van der Waals surface area contributed by atoms with Crippen molar-refractivity contribution in [2.75, 3.05) is 0 Å². The van der Waals surface area contributed by atoms with Crippen LogP contribution in [-0.4, -0.2) is 0 Å². The Morgan fingerprint density at radius 1 is 1.33 bits per heavy atom. The summed E-state index contributed by atoms with van der Waals surface area (Å²) in [6.07, 6.45) is 2.64. The summed E-state index contributed by atoms with van der Waals surface area (Å²) < 4.78 is 7.08. The van der Waals surface area contributed by atoms with Gasteiger partial charge in [-0.2, -0.15) is 0 Å². The van der Waals surface area contributed by atoms with E-state index in [0.29, 0.717) is 0 Å². The van der Waals surface area contributed by atoms with Gasteiger partial charge in [0.1, 0.15) is 11.5 Å². The molecule has 64 valence electrons. The fourth-order valence-electron chi connectivity index (χ4n) is 1.62. The number of hydrogen-bond donors (Lipinski definition) is 0. The van der Waals surface area contributed by atoms with Crippen LogP contribution in [0.25, 0.3) is 0 Å².